The van der Waals surface area contributed by atoms with Crippen LogP contribution in [0.15, 0.2) is 73.1 Å². The lowest BCUT2D eigenvalue weighted by atomic mass is 10.0. The minimum absolute atomic E-state index is 0.103. The fourth-order valence-corrected chi connectivity index (χ4v) is 4.06. The minimum Gasteiger partial charge on any atom is -0.371 e. The molecule has 1 aromatic heterocycles. The molecule has 1 saturated heterocycles. The number of hydrogen-bond acceptors (Lipinski definition) is 4. The van der Waals surface area contributed by atoms with Crippen molar-refractivity contribution in [2.45, 2.75) is 31.6 Å². The van der Waals surface area contributed by atoms with E-state index in [0.29, 0.717) is 38.0 Å². The fourth-order valence-electron chi connectivity index (χ4n) is 4.06. The molecule has 182 valence electrons. The Labute approximate surface area is 201 Å². The second kappa shape index (κ2) is 10.6. The van der Waals surface area contributed by atoms with Crippen molar-refractivity contribution in [3.05, 3.63) is 95.3 Å². The van der Waals surface area contributed by atoms with Gasteiger partial charge in [-0.15, -0.1) is 0 Å². The van der Waals surface area contributed by atoms with Gasteiger partial charge in [0, 0.05) is 49.3 Å². The van der Waals surface area contributed by atoms with Gasteiger partial charge < -0.3 is 15.5 Å². The Morgan fingerprint density at radius 1 is 0.914 bits per heavy atom. The predicted octanol–water partition coefficient (Wildman–Crippen LogP) is 4.43. The summed E-state index contributed by atoms with van der Waals surface area (Å²) in [5, 5.41) is 5.85. The number of hydrogen-bond donors (Lipinski definition) is 2. The van der Waals surface area contributed by atoms with E-state index >= 15 is 0 Å². The minimum atomic E-state index is -4.44. The summed E-state index contributed by atoms with van der Waals surface area (Å²) >= 11 is 0. The van der Waals surface area contributed by atoms with Crippen molar-refractivity contribution < 1.29 is 22.8 Å². The maximum Gasteiger partial charge on any atom is 0.416 e. The first-order valence-electron chi connectivity index (χ1n) is 11.3. The molecular weight excluding hydrogens is 457 g/mol. The van der Waals surface area contributed by atoms with Gasteiger partial charge in [-0.05, 0) is 66.9 Å². The second-order valence-corrected chi connectivity index (χ2v) is 8.37. The Kier molecular flexibility index (Phi) is 7.33. The maximum atomic E-state index is 12.9. The van der Waals surface area contributed by atoms with Gasteiger partial charge in [-0.2, -0.15) is 13.2 Å². The van der Waals surface area contributed by atoms with Gasteiger partial charge in [0.15, 0.2) is 0 Å². The summed E-state index contributed by atoms with van der Waals surface area (Å²) in [6.45, 7) is 1.66. The zero-order valence-electron chi connectivity index (χ0n) is 18.9. The third-order valence-corrected chi connectivity index (χ3v) is 6.00. The summed E-state index contributed by atoms with van der Waals surface area (Å²) < 4.78 is 38.2. The van der Waals surface area contributed by atoms with Crippen molar-refractivity contribution in [1.82, 2.24) is 15.6 Å². The number of anilines is 1. The van der Waals surface area contributed by atoms with E-state index in [-0.39, 0.29) is 17.5 Å². The van der Waals surface area contributed by atoms with Crippen LogP contribution in [0.25, 0.3) is 0 Å². The molecule has 6 nitrogen and oxygen atoms in total. The highest BCUT2D eigenvalue weighted by Gasteiger charge is 2.30. The number of alkyl halides is 3. The quantitative estimate of drug-likeness (QED) is 0.545. The molecular formula is C26H25F3N4O2. The van der Waals surface area contributed by atoms with E-state index in [9.17, 15) is 22.8 Å². The summed E-state index contributed by atoms with van der Waals surface area (Å²) in [6.07, 6.45) is 0.221. The normalized spacial score (nSPS) is 14.4. The molecule has 0 bridgehead atoms. The standard InChI is InChI=1S/C26H25F3N4O2/c27-26(28,29)20-7-5-19(6-8-20)24(34)32-21-11-15-33(16-12-21)23-4-2-1-3-22(23)25(35)31-17-18-9-13-30-14-10-18/h1-10,13-14,21H,11-12,15-17H2,(H,31,35)(H,32,34). The first kappa shape index (κ1) is 24.3. The van der Waals surface area contributed by atoms with Crippen molar-refractivity contribution in [3.8, 4) is 0 Å². The molecule has 2 aromatic carbocycles. The van der Waals surface area contributed by atoms with E-state index in [1.165, 1.54) is 12.1 Å². The average molecular weight is 483 g/mol. The van der Waals surface area contributed by atoms with Crippen LogP contribution in [0.4, 0.5) is 18.9 Å². The molecule has 0 aliphatic carbocycles. The van der Waals surface area contributed by atoms with Crippen molar-refractivity contribution in [1.29, 1.82) is 0 Å². The first-order chi connectivity index (χ1) is 16.8. The molecule has 1 aliphatic rings. The predicted molar refractivity (Wildman–Crippen MR) is 126 cm³/mol. The lowest BCUT2D eigenvalue weighted by Gasteiger charge is -2.35. The summed E-state index contributed by atoms with van der Waals surface area (Å²) in [4.78, 5) is 31.4. The van der Waals surface area contributed by atoms with E-state index < -0.39 is 17.6 Å². The second-order valence-electron chi connectivity index (χ2n) is 8.37. The van der Waals surface area contributed by atoms with E-state index in [4.69, 9.17) is 0 Å². The van der Waals surface area contributed by atoms with Crippen LogP contribution in [-0.2, 0) is 12.7 Å². The van der Waals surface area contributed by atoms with Gasteiger partial charge in [0.1, 0.15) is 0 Å². The van der Waals surface area contributed by atoms with Crippen LogP contribution in [0.1, 0.15) is 44.7 Å². The summed E-state index contributed by atoms with van der Waals surface area (Å²) in [7, 11) is 0. The zero-order chi connectivity index (χ0) is 24.8. The highest BCUT2D eigenvalue weighted by atomic mass is 19.4. The number of para-hydroxylation sites is 1. The number of rotatable bonds is 6. The van der Waals surface area contributed by atoms with Gasteiger partial charge in [-0.3, -0.25) is 14.6 Å². The summed E-state index contributed by atoms with van der Waals surface area (Å²) in [5.41, 5.74) is 1.76. The Balaban J connectivity index is 1.33. The molecule has 3 aromatic rings. The van der Waals surface area contributed by atoms with Gasteiger partial charge in [-0.1, -0.05) is 12.1 Å². The number of nitrogens with zero attached hydrogens (tertiary/aromatic N) is 2. The Morgan fingerprint density at radius 3 is 2.23 bits per heavy atom. The molecule has 1 fully saturated rings. The van der Waals surface area contributed by atoms with Crippen molar-refractivity contribution in [2.24, 2.45) is 0 Å². The molecule has 2 heterocycles. The highest BCUT2D eigenvalue weighted by Crippen LogP contribution is 2.29. The lowest BCUT2D eigenvalue weighted by Crippen LogP contribution is -2.45. The van der Waals surface area contributed by atoms with Gasteiger partial charge in [-0.25, -0.2) is 0 Å². The van der Waals surface area contributed by atoms with E-state index in [2.05, 4.69) is 20.5 Å². The SMILES string of the molecule is O=C(NC1CCN(c2ccccc2C(=O)NCc2ccncc2)CC1)c1ccc(C(F)(F)F)cc1. The van der Waals surface area contributed by atoms with Crippen LogP contribution in [-0.4, -0.2) is 35.9 Å². The average Bonchev–Trinajstić information content (AvgIpc) is 2.88. The molecule has 9 heteroatoms. The Morgan fingerprint density at radius 2 is 1.57 bits per heavy atom. The first-order valence-corrected chi connectivity index (χ1v) is 11.3. The van der Waals surface area contributed by atoms with E-state index in [0.717, 1.165) is 23.4 Å². The van der Waals surface area contributed by atoms with Gasteiger partial charge in [0.05, 0.1) is 11.1 Å². The Hall–Kier alpha value is -3.88. The molecule has 0 saturated carbocycles. The number of piperidine rings is 1. The zero-order valence-corrected chi connectivity index (χ0v) is 18.9. The van der Waals surface area contributed by atoms with Crippen LogP contribution < -0.4 is 15.5 Å². The van der Waals surface area contributed by atoms with Gasteiger partial charge in [0.25, 0.3) is 11.8 Å². The van der Waals surface area contributed by atoms with Crippen molar-refractivity contribution >= 4 is 17.5 Å². The summed E-state index contributed by atoms with van der Waals surface area (Å²) in [5.74, 6) is -0.566. The smallest absolute Gasteiger partial charge is 0.371 e. The third kappa shape index (κ3) is 6.17. The molecule has 1 aliphatic heterocycles. The van der Waals surface area contributed by atoms with Gasteiger partial charge in [0.2, 0.25) is 0 Å². The van der Waals surface area contributed by atoms with Crippen LogP contribution >= 0.6 is 0 Å². The number of nitrogens with one attached hydrogen (secondary N) is 2. The van der Waals surface area contributed by atoms with Crippen LogP contribution in [0.2, 0.25) is 0 Å². The Bertz CT molecular complexity index is 1160. The van der Waals surface area contributed by atoms with Crippen LogP contribution in [0.5, 0.6) is 0 Å². The number of carbonyl (C=O) groups excluding carboxylic acids is 2. The number of pyridine rings is 1. The maximum absolute atomic E-state index is 12.9. The molecule has 0 unspecified atom stereocenters. The molecule has 0 radical (unpaired) electrons. The van der Waals surface area contributed by atoms with Crippen molar-refractivity contribution in [3.63, 3.8) is 0 Å². The highest BCUT2D eigenvalue weighted by molar-refractivity contribution is 5.99. The number of halogens is 3. The molecule has 35 heavy (non-hydrogen) atoms. The fraction of sp³-hybridized carbons (Fsp3) is 0.269. The largest absolute Gasteiger partial charge is 0.416 e. The summed E-state index contributed by atoms with van der Waals surface area (Å²) in [6, 6.07) is 15.2. The van der Waals surface area contributed by atoms with E-state index in [1.807, 2.05) is 30.3 Å². The molecule has 0 spiro atoms. The number of amides is 2. The van der Waals surface area contributed by atoms with E-state index in [1.54, 1.807) is 18.5 Å². The third-order valence-electron chi connectivity index (χ3n) is 6.00. The molecule has 2 amide bonds. The monoisotopic (exact) mass is 482 g/mol. The lowest BCUT2D eigenvalue weighted by molar-refractivity contribution is -0.137. The molecule has 4 rings (SSSR count). The number of aromatic nitrogens is 1. The van der Waals surface area contributed by atoms with Crippen LogP contribution in [0, 0.1) is 0 Å². The molecule has 2 N–H and O–H groups in total. The number of carbonyl (C=O) groups is 2. The topological polar surface area (TPSA) is 74.3 Å². The van der Waals surface area contributed by atoms with Gasteiger partial charge >= 0.3 is 6.18 Å². The van der Waals surface area contributed by atoms with Crippen molar-refractivity contribution in [2.75, 3.05) is 18.0 Å². The van der Waals surface area contributed by atoms with Crippen LogP contribution in [0.3, 0.4) is 0 Å². The number of benzene rings is 2. The molecule has 0 atom stereocenters.